The first-order chi connectivity index (χ1) is 16.7. The van der Waals surface area contributed by atoms with Gasteiger partial charge in [0, 0.05) is 34.6 Å². The van der Waals surface area contributed by atoms with Gasteiger partial charge in [-0.05, 0) is 80.5 Å². The summed E-state index contributed by atoms with van der Waals surface area (Å²) < 4.78 is 1.89. The number of rotatable bonds is 5. The van der Waals surface area contributed by atoms with Gasteiger partial charge in [-0.25, -0.2) is 9.50 Å². The molecular formula is C27H34N6OS. The Hall–Kier alpha value is -2.71. The number of nitrogens with one attached hydrogen (secondary N) is 1. The maximum atomic E-state index is 11.8. The van der Waals surface area contributed by atoms with Gasteiger partial charge >= 0.3 is 0 Å². The Morgan fingerprint density at radius 3 is 2.60 bits per heavy atom. The summed E-state index contributed by atoms with van der Waals surface area (Å²) in [6.07, 6.45) is 6.04. The second-order valence-electron chi connectivity index (χ2n) is 11.0. The lowest BCUT2D eigenvalue weighted by Crippen LogP contribution is -2.47. The van der Waals surface area contributed by atoms with Gasteiger partial charge in [-0.2, -0.15) is 5.10 Å². The Balaban J connectivity index is 1.42. The van der Waals surface area contributed by atoms with E-state index in [-0.39, 0.29) is 11.9 Å². The molecule has 35 heavy (non-hydrogen) atoms. The minimum Gasteiger partial charge on any atom is -0.368 e. The topological polar surface area (TPSA) is 92.3 Å². The van der Waals surface area contributed by atoms with Crippen LogP contribution in [0.15, 0.2) is 12.5 Å². The van der Waals surface area contributed by atoms with Gasteiger partial charge < -0.3 is 10.7 Å². The van der Waals surface area contributed by atoms with Crippen molar-refractivity contribution in [1.82, 2.24) is 24.5 Å². The molecule has 1 amide bonds. The number of H-pyrrole nitrogens is 1. The highest BCUT2D eigenvalue weighted by molar-refractivity contribution is 7.19. The third-order valence-corrected chi connectivity index (χ3v) is 10.1. The van der Waals surface area contributed by atoms with Gasteiger partial charge in [-0.3, -0.25) is 9.69 Å². The van der Waals surface area contributed by atoms with Crippen molar-refractivity contribution in [3.05, 3.63) is 39.7 Å². The second-order valence-corrected chi connectivity index (χ2v) is 12.0. The zero-order valence-electron chi connectivity index (χ0n) is 21.3. The lowest BCUT2D eigenvalue weighted by atomic mass is 9.88. The molecule has 0 radical (unpaired) electrons. The number of hydrogen-bond donors (Lipinski definition) is 2. The number of carbonyl (C=O) groups excluding carboxylic acids is 1. The van der Waals surface area contributed by atoms with Gasteiger partial charge in [-0.15, -0.1) is 11.3 Å². The third-order valence-electron chi connectivity index (χ3n) is 8.76. The molecule has 0 aromatic carbocycles. The molecule has 1 saturated carbocycles. The van der Waals surface area contributed by atoms with Gasteiger partial charge in [0.25, 0.3) is 0 Å². The summed E-state index contributed by atoms with van der Waals surface area (Å²) >= 11 is 1.94. The van der Waals surface area contributed by atoms with Crippen LogP contribution in [0.25, 0.3) is 27.1 Å². The van der Waals surface area contributed by atoms with E-state index in [9.17, 15) is 4.79 Å². The highest BCUT2D eigenvalue weighted by Gasteiger charge is 2.48. The summed E-state index contributed by atoms with van der Waals surface area (Å²) in [6.45, 7) is 14.1. The van der Waals surface area contributed by atoms with Gasteiger partial charge in [-0.1, -0.05) is 13.8 Å². The van der Waals surface area contributed by atoms with Crippen molar-refractivity contribution in [1.29, 1.82) is 0 Å². The van der Waals surface area contributed by atoms with Crippen molar-refractivity contribution in [3.8, 4) is 11.3 Å². The molecule has 1 aliphatic carbocycles. The second kappa shape index (κ2) is 7.90. The molecule has 184 valence electrons. The average molecular weight is 491 g/mol. The van der Waals surface area contributed by atoms with Crippen LogP contribution in [0.2, 0.25) is 0 Å². The fraction of sp³-hybridized carbons (Fsp3) is 0.519. The van der Waals surface area contributed by atoms with Crippen LogP contribution in [-0.2, 0) is 4.79 Å². The quantitative estimate of drug-likeness (QED) is 0.410. The number of aromatic nitrogens is 4. The van der Waals surface area contributed by atoms with Crippen molar-refractivity contribution >= 4 is 33.1 Å². The van der Waals surface area contributed by atoms with Crippen LogP contribution in [0.5, 0.6) is 0 Å². The Morgan fingerprint density at radius 2 is 1.94 bits per heavy atom. The first-order valence-electron chi connectivity index (χ1n) is 12.7. The molecule has 8 heteroatoms. The van der Waals surface area contributed by atoms with Crippen LogP contribution in [-0.4, -0.2) is 49.0 Å². The number of aromatic amines is 1. The van der Waals surface area contributed by atoms with Crippen molar-refractivity contribution in [2.24, 2.45) is 11.7 Å². The van der Waals surface area contributed by atoms with Gasteiger partial charge in [0.15, 0.2) is 5.65 Å². The molecule has 2 aliphatic rings. The summed E-state index contributed by atoms with van der Waals surface area (Å²) in [5.41, 5.74) is 14.2. The van der Waals surface area contributed by atoms with E-state index in [2.05, 4.69) is 60.8 Å². The molecule has 2 fully saturated rings. The van der Waals surface area contributed by atoms with Crippen LogP contribution in [0.4, 0.5) is 0 Å². The minimum absolute atomic E-state index is 0.172. The van der Waals surface area contributed by atoms with E-state index in [0.29, 0.717) is 23.8 Å². The molecule has 0 spiro atoms. The van der Waals surface area contributed by atoms with E-state index in [0.717, 1.165) is 18.6 Å². The molecule has 2 bridgehead atoms. The first kappa shape index (κ1) is 22.7. The number of nitrogens with zero attached hydrogens (tertiary/aromatic N) is 4. The fourth-order valence-electron chi connectivity index (χ4n) is 6.79. The van der Waals surface area contributed by atoms with E-state index < -0.39 is 0 Å². The highest BCUT2D eigenvalue weighted by Crippen LogP contribution is 2.53. The largest absolute Gasteiger partial charge is 0.368 e. The third kappa shape index (κ3) is 3.22. The Labute approximate surface area is 209 Å². The Morgan fingerprint density at radius 1 is 1.17 bits per heavy atom. The zero-order chi connectivity index (χ0) is 24.8. The molecule has 4 atom stereocenters. The van der Waals surface area contributed by atoms with Gasteiger partial charge in [0.2, 0.25) is 5.91 Å². The number of nitrogens with two attached hydrogens (primary N) is 1. The monoisotopic (exact) mass is 490 g/mol. The number of hydrogen-bond acceptors (Lipinski definition) is 5. The number of carbonyl (C=O) groups is 1. The summed E-state index contributed by atoms with van der Waals surface area (Å²) in [7, 11) is 0. The number of pyridine rings is 1. The van der Waals surface area contributed by atoms with E-state index in [1.165, 1.54) is 55.0 Å². The number of likely N-dealkylation sites (tertiary alicyclic amines) is 1. The number of thiophene rings is 1. The van der Waals surface area contributed by atoms with Crippen molar-refractivity contribution in [3.63, 3.8) is 0 Å². The number of aryl methyl sites for hydroxylation is 2. The molecule has 0 unspecified atom stereocenters. The summed E-state index contributed by atoms with van der Waals surface area (Å²) in [5, 5.41) is 5.82. The van der Waals surface area contributed by atoms with Crippen LogP contribution in [0.3, 0.4) is 0 Å². The van der Waals surface area contributed by atoms with Crippen LogP contribution >= 0.6 is 11.3 Å². The molecule has 3 N–H and O–H groups in total. The molecule has 6 rings (SSSR count). The van der Waals surface area contributed by atoms with Crippen molar-refractivity contribution in [2.45, 2.75) is 78.3 Å². The standard InChI is InChI=1S/C27H34N6OS/c1-12(2)21-22-15(5)24(19-8-18-7-17(19)9-32(18)16(6)25(28)34)35-27(22)31-23(21)20-10-33-26(29-11-30-33)14(4)13(20)3/h10-12,16-19,31H,7-9H2,1-6H3,(H2,28,34)/t16-,17-,18-,19+/m0/s1. The van der Waals surface area contributed by atoms with Crippen LogP contribution in [0.1, 0.15) is 72.6 Å². The number of piperidine rings is 1. The predicted octanol–water partition coefficient (Wildman–Crippen LogP) is 5.04. The first-order valence-corrected chi connectivity index (χ1v) is 13.5. The lowest BCUT2D eigenvalue weighted by molar-refractivity contribution is -0.123. The smallest absolute Gasteiger partial charge is 0.234 e. The highest BCUT2D eigenvalue weighted by atomic mass is 32.1. The predicted molar refractivity (Wildman–Crippen MR) is 141 cm³/mol. The van der Waals surface area contributed by atoms with E-state index in [4.69, 9.17) is 5.73 Å². The normalized spacial score (nSPS) is 23.3. The molecule has 4 aromatic rings. The van der Waals surface area contributed by atoms with Crippen LogP contribution in [0, 0.1) is 26.7 Å². The van der Waals surface area contributed by atoms with Gasteiger partial charge in [0.05, 0.1) is 11.7 Å². The minimum atomic E-state index is -0.210. The molecule has 1 saturated heterocycles. The average Bonchev–Trinajstić information content (AvgIpc) is 3.61. The van der Waals surface area contributed by atoms with E-state index in [1.54, 1.807) is 6.33 Å². The summed E-state index contributed by atoms with van der Waals surface area (Å²) in [4.78, 5) is 25.2. The maximum Gasteiger partial charge on any atom is 0.234 e. The number of fused-ring (bicyclic) bond motifs is 4. The molecule has 7 nitrogen and oxygen atoms in total. The van der Waals surface area contributed by atoms with Crippen molar-refractivity contribution < 1.29 is 4.79 Å². The molecule has 1 aliphatic heterocycles. The molecule has 5 heterocycles. The molecule has 4 aromatic heterocycles. The van der Waals surface area contributed by atoms with Crippen molar-refractivity contribution in [2.75, 3.05) is 6.54 Å². The Kier molecular flexibility index (Phi) is 5.13. The number of amides is 1. The fourth-order valence-corrected chi connectivity index (χ4v) is 8.23. The zero-order valence-corrected chi connectivity index (χ0v) is 22.2. The van der Waals surface area contributed by atoms with Crippen LogP contribution < -0.4 is 5.73 Å². The SMILES string of the molecule is Cc1c(-c2[nH]c3sc([C@@H]4C[C@@H]5C[C@H]4CN5[C@@H](C)C(N)=O)c(C)c3c2C(C)C)cn2ncnc2c1C. The van der Waals surface area contributed by atoms with Gasteiger partial charge in [0.1, 0.15) is 11.2 Å². The van der Waals surface area contributed by atoms with E-state index in [1.807, 2.05) is 22.8 Å². The lowest BCUT2D eigenvalue weighted by Gasteiger charge is -2.34. The summed E-state index contributed by atoms with van der Waals surface area (Å²) in [5.74, 6) is 1.35. The molecular weight excluding hydrogens is 456 g/mol. The number of primary amides is 1. The van der Waals surface area contributed by atoms with E-state index >= 15 is 0 Å². The maximum absolute atomic E-state index is 11.8. The summed E-state index contributed by atoms with van der Waals surface area (Å²) in [6, 6.07) is 0.293. The Bertz CT molecular complexity index is 1480.